The monoisotopic (exact) mass is 325 g/mol. The van der Waals surface area contributed by atoms with E-state index in [4.69, 9.17) is 4.74 Å². The van der Waals surface area contributed by atoms with Crippen molar-refractivity contribution in [2.24, 2.45) is 0 Å². The Hall–Kier alpha value is -0.800. The van der Waals surface area contributed by atoms with Crippen molar-refractivity contribution in [3.63, 3.8) is 0 Å². The second-order valence-electron chi connectivity index (χ2n) is 5.97. The molecule has 3 heteroatoms. The van der Waals surface area contributed by atoms with Crippen LogP contribution in [0.3, 0.4) is 0 Å². The predicted octanol–water partition coefficient (Wildman–Crippen LogP) is 4.48. The number of aryl methyl sites for hydroxylation is 2. The SMILES string of the molecule is C=C(Br)COc1c(C)cc(CNC(C)(C)C)cc1C. The molecule has 0 aliphatic carbocycles. The fraction of sp³-hybridized carbons (Fsp3) is 0.500. The molecule has 0 aromatic heterocycles. The Morgan fingerprint density at radius 1 is 1.26 bits per heavy atom. The van der Waals surface area contributed by atoms with Crippen LogP contribution in [0.15, 0.2) is 23.2 Å². The van der Waals surface area contributed by atoms with Gasteiger partial charge in [0.05, 0.1) is 0 Å². The van der Waals surface area contributed by atoms with E-state index >= 15 is 0 Å². The molecule has 0 radical (unpaired) electrons. The topological polar surface area (TPSA) is 21.3 Å². The maximum absolute atomic E-state index is 5.76. The molecule has 1 aromatic carbocycles. The number of hydrogen-bond acceptors (Lipinski definition) is 2. The second kappa shape index (κ2) is 6.58. The summed E-state index contributed by atoms with van der Waals surface area (Å²) in [5, 5.41) is 3.50. The first-order chi connectivity index (χ1) is 8.69. The molecule has 0 heterocycles. The van der Waals surface area contributed by atoms with Crippen LogP contribution in [0.5, 0.6) is 5.75 Å². The molecule has 0 bridgehead atoms. The maximum Gasteiger partial charge on any atom is 0.125 e. The minimum Gasteiger partial charge on any atom is -0.488 e. The van der Waals surface area contributed by atoms with Gasteiger partial charge in [0.2, 0.25) is 0 Å². The van der Waals surface area contributed by atoms with Crippen molar-refractivity contribution in [2.45, 2.75) is 46.7 Å². The summed E-state index contributed by atoms with van der Waals surface area (Å²) in [6.07, 6.45) is 0. The molecule has 0 saturated heterocycles. The summed E-state index contributed by atoms with van der Waals surface area (Å²) in [7, 11) is 0. The van der Waals surface area contributed by atoms with Gasteiger partial charge in [0.1, 0.15) is 12.4 Å². The largest absolute Gasteiger partial charge is 0.488 e. The number of benzene rings is 1. The van der Waals surface area contributed by atoms with Crippen LogP contribution < -0.4 is 10.1 Å². The maximum atomic E-state index is 5.76. The number of rotatable bonds is 5. The molecule has 0 aliphatic rings. The van der Waals surface area contributed by atoms with Gasteiger partial charge in [-0.2, -0.15) is 0 Å². The Bertz CT molecular complexity index is 437. The van der Waals surface area contributed by atoms with Gasteiger partial charge in [-0.15, -0.1) is 0 Å². The van der Waals surface area contributed by atoms with Gasteiger partial charge in [0.25, 0.3) is 0 Å². The van der Waals surface area contributed by atoms with Crippen LogP contribution in [0.25, 0.3) is 0 Å². The standard InChI is InChI=1S/C16H24BrNO/c1-11-7-14(9-18-16(4,5)6)8-12(2)15(11)19-10-13(3)17/h7-8,18H,3,9-10H2,1-2,4-6H3. The van der Waals surface area contributed by atoms with E-state index in [9.17, 15) is 0 Å². The highest BCUT2D eigenvalue weighted by molar-refractivity contribution is 9.11. The Morgan fingerprint density at radius 3 is 2.21 bits per heavy atom. The second-order valence-corrected chi connectivity index (χ2v) is 7.09. The van der Waals surface area contributed by atoms with Gasteiger partial charge in [-0.3, -0.25) is 0 Å². The van der Waals surface area contributed by atoms with Crippen molar-refractivity contribution in [2.75, 3.05) is 6.61 Å². The van der Waals surface area contributed by atoms with E-state index in [-0.39, 0.29) is 5.54 Å². The highest BCUT2D eigenvalue weighted by Crippen LogP contribution is 2.25. The van der Waals surface area contributed by atoms with Gasteiger partial charge in [-0.25, -0.2) is 0 Å². The minimum atomic E-state index is 0.130. The number of halogens is 1. The Kier molecular flexibility index (Phi) is 5.63. The van der Waals surface area contributed by atoms with Crippen molar-refractivity contribution in [1.29, 1.82) is 0 Å². The van der Waals surface area contributed by atoms with Gasteiger partial charge in [0.15, 0.2) is 0 Å². The Labute approximate surface area is 125 Å². The van der Waals surface area contributed by atoms with E-state index in [1.165, 1.54) is 16.7 Å². The summed E-state index contributed by atoms with van der Waals surface area (Å²) in [6.45, 7) is 15.8. The lowest BCUT2D eigenvalue weighted by Gasteiger charge is -2.21. The molecule has 0 saturated carbocycles. The fourth-order valence-electron chi connectivity index (χ4n) is 1.89. The molecule has 0 amide bonds. The summed E-state index contributed by atoms with van der Waals surface area (Å²) < 4.78 is 6.61. The summed E-state index contributed by atoms with van der Waals surface area (Å²) >= 11 is 3.31. The van der Waals surface area contributed by atoms with Crippen LogP contribution in [-0.2, 0) is 6.54 Å². The molecule has 19 heavy (non-hydrogen) atoms. The molecule has 0 aliphatic heterocycles. The average Bonchev–Trinajstić information content (AvgIpc) is 2.23. The van der Waals surface area contributed by atoms with Crippen LogP contribution in [0, 0.1) is 13.8 Å². The van der Waals surface area contributed by atoms with E-state index in [0.717, 1.165) is 16.8 Å². The molecule has 1 N–H and O–H groups in total. The third-order valence-electron chi connectivity index (χ3n) is 2.72. The number of nitrogens with one attached hydrogen (secondary N) is 1. The van der Waals surface area contributed by atoms with Gasteiger partial charge in [0, 0.05) is 16.6 Å². The van der Waals surface area contributed by atoms with Crippen molar-refractivity contribution >= 4 is 15.9 Å². The molecule has 2 nitrogen and oxygen atoms in total. The highest BCUT2D eigenvalue weighted by Gasteiger charge is 2.11. The first-order valence-corrected chi connectivity index (χ1v) is 7.29. The summed E-state index contributed by atoms with van der Waals surface area (Å²) in [6, 6.07) is 4.36. The average molecular weight is 326 g/mol. The van der Waals surface area contributed by atoms with E-state index in [0.29, 0.717) is 6.61 Å². The van der Waals surface area contributed by atoms with Crippen LogP contribution in [0.4, 0.5) is 0 Å². The van der Waals surface area contributed by atoms with Crippen LogP contribution in [0.1, 0.15) is 37.5 Å². The summed E-state index contributed by atoms with van der Waals surface area (Å²) in [4.78, 5) is 0. The molecule has 0 unspecified atom stereocenters. The molecular weight excluding hydrogens is 302 g/mol. The number of ether oxygens (including phenoxy) is 1. The normalized spacial score (nSPS) is 11.5. The van der Waals surface area contributed by atoms with Crippen LogP contribution in [-0.4, -0.2) is 12.1 Å². The van der Waals surface area contributed by atoms with E-state index in [1.807, 2.05) is 0 Å². The minimum absolute atomic E-state index is 0.130. The molecule has 0 atom stereocenters. The van der Waals surface area contributed by atoms with E-state index < -0.39 is 0 Å². The zero-order valence-corrected chi connectivity index (χ0v) is 14.1. The third kappa shape index (κ3) is 5.79. The van der Waals surface area contributed by atoms with E-state index in [1.54, 1.807) is 0 Å². The zero-order valence-electron chi connectivity index (χ0n) is 12.6. The molecule has 106 valence electrons. The molecule has 0 spiro atoms. The van der Waals surface area contributed by atoms with Crippen LogP contribution >= 0.6 is 15.9 Å². The quantitative estimate of drug-likeness (QED) is 0.861. The molecule has 1 aromatic rings. The predicted molar refractivity (Wildman–Crippen MR) is 86.1 cm³/mol. The van der Waals surface area contributed by atoms with Gasteiger partial charge >= 0.3 is 0 Å². The summed E-state index contributed by atoms with van der Waals surface area (Å²) in [5.74, 6) is 0.958. The fourth-order valence-corrected chi connectivity index (χ4v) is 2.00. The van der Waals surface area contributed by atoms with Crippen molar-refractivity contribution < 1.29 is 4.74 Å². The van der Waals surface area contributed by atoms with Gasteiger partial charge in [-0.05, 0) is 51.3 Å². The van der Waals surface area contributed by atoms with Gasteiger partial charge < -0.3 is 10.1 Å². The first-order valence-electron chi connectivity index (χ1n) is 6.50. The Morgan fingerprint density at radius 2 is 1.79 bits per heavy atom. The van der Waals surface area contributed by atoms with E-state index in [2.05, 4.69) is 74.6 Å². The lowest BCUT2D eigenvalue weighted by atomic mass is 10.0. The van der Waals surface area contributed by atoms with Crippen LogP contribution in [0.2, 0.25) is 0 Å². The highest BCUT2D eigenvalue weighted by atomic mass is 79.9. The molecule has 0 fully saturated rings. The lowest BCUT2D eigenvalue weighted by molar-refractivity contribution is 0.355. The third-order valence-corrected chi connectivity index (χ3v) is 2.95. The summed E-state index contributed by atoms with van der Waals surface area (Å²) in [5.41, 5.74) is 3.75. The lowest BCUT2D eigenvalue weighted by Crippen LogP contribution is -2.35. The van der Waals surface area contributed by atoms with Gasteiger partial charge in [-0.1, -0.05) is 34.6 Å². The molecular formula is C16H24BrNO. The van der Waals surface area contributed by atoms with Crippen molar-refractivity contribution in [1.82, 2.24) is 5.32 Å². The first kappa shape index (κ1) is 16.3. The zero-order chi connectivity index (χ0) is 14.6. The molecule has 1 rings (SSSR count). The number of hydrogen-bond donors (Lipinski definition) is 1. The van der Waals surface area contributed by atoms with Crippen molar-refractivity contribution in [3.05, 3.63) is 39.9 Å². The van der Waals surface area contributed by atoms with Crippen molar-refractivity contribution in [3.8, 4) is 5.75 Å². The smallest absolute Gasteiger partial charge is 0.125 e. The Balaban J connectivity index is 2.81.